The lowest BCUT2D eigenvalue weighted by molar-refractivity contribution is 0.207. The van der Waals surface area contributed by atoms with Crippen molar-refractivity contribution in [1.82, 2.24) is 19.9 Å². The molecule has 1 saturated heterocycles. The Kier molecular flexibility index (Phi) is 5.47. The first kappa shape index (κ1) is 16.9. The first-order valence-electron chi connectivity index (χ1n) is 7.95. The van der Waals surface area contributed by atoms with Crippen molar-refractivity contribution in [3.05, 3.63) is 35.9 Å². The molecule has 0 spiro atoms. The molecular weight excluding hydrogens is 327 g/mol. The third-order valence-corrected chi connectivity index (χ3v) is 4.97. The molecule has 1 aliphatic heterocycles. The number of benzene rings is 1. The zero-order valence-electron chi connectivity index (χ0n) is 13.6. The summed E-state index contributed by atoms with van der Waals surface area (Å²) in [6.07, 6.45) is 1.16. The SMILES string of the molecule is C[C@H]1CCSCCN1Cc1nc(N)nc(Nc2ccc(F)cc2)n1. The standard InChI is InChI=1S/C16H21FN6S/c1-11-6-8-24-9-7-23(11)10-14-20-15(18)22-16(21-14)19-13-4-2-12(17)3-5-13/h2-5,11H,6-10H2,1H3,(H3,18,19,20,21,22)/t11-/m0/s1. The van der Waals surface area contributed by atoms with Crippen molar-refractivity contribution in [2.24, 2.45) is 0 Å². The molecule has 1 fully saturated rings. The third kappa shape index (κ3) is 4.55. The highest BCUT2D eigenvalue weighted by atomic mass is 32.2. The minimum atomic E-state index is -0.288. The van der Waals surface area contributed by atoms with Gasteiger partial charge in [-0.05, 0) is 43.4 Å². The molecule has 1 aliphatic rings. The van der Waals surface area contributed by atoms with E-state index in [0.717, 1.165) is 18.7 Å². The number of nitrogens with one attached hydrogen (secondary N) is 1. The van der Waals surface area contributed by atoms with Gasteiger partial charge in [-0.1, -0.05) is 0 Å². The van der Waals surface area contributed by atoms with Crippen LogP contribution in [-0.4, -0.2) is 43.9 Å². The zero-order valence-corrected chi connectivity index (χ0v) is 14.4. The summed E-state index contributed by atoms with van der Waals surface area (Å²) in [5.41, 5.74) is 6.52. The van der Waals surface area contributed by atoms with Crippen molar-refractivity contribution >= 4 is 29.3 Å². The third-order valence-electron chi connectivity index (χ3n) is 3.97. The molecule has 0 aliphatic carbocycles. The lowest BCUT2D eigenvalue weighted by Gasteiger charge is -2.25. The number of thioether (sulfide) groups is 1. The lowest BCUT2D eigenvalue weighted by atomic mass is 10.2. The van der Waals surface area contributed by atoms with Crippen molar-refractivity contribution in [2.75, 3.05) is 29.1 Å². The van der Waals surface area contributed by atoms with Gasteiger partial charge in [-0.3, -0.25) is 4.90 Å². The number of aromatic nitrogens is 3. The Bertz CT molecular complexity index is 681. The predicted octanol–water partition coefficient (Wildman–Crippen LogP) is 2.66. The van der Waals surface area contributed by atoms with Crippen LogP contribution in [-0.2, 0) is 6.54 Å². The summed E-state index contributed by atoms with van der Waals surface area (Å²) >= 11 is 1.98. The largest absolute Gasteiger partial charge is 0.368 e. The van der Waals surface area contributed by atoms with Gasteiger partial charge in [0.05, 0.1) is 6.54 Å². The maximum absolute atomic E-state index is 13.0. The Hall–Kier alpha value is -1.93. The van der Waals surface area contributed by atoms with Crippen molar-refractivity contribution in [1.29, 1.82) is 0 Å². The van der Waals surface area contributed by atoms with Crippen LogP contribution in [0.4, 0.5) is 22.0 Å². The normalized spacial score (nSPS) is 19.0. The monoisotopic (exact) mass is 348 g/mol. The van der Waals surface area contributed by atoms with E-state index in [4.69, 9.17) is 5.73 Å². The Labute approximate surface area is 145 Å². The van der Waals surface area contributed by atoms with Crippen LogP contribution in [0.2, 0.25) is 0 Å². The summed E-state index contributed by atoms with van der Waals surface area (Å²) in [7, 11) is 0. The number of halogens is 1. The number of nitrogen functional groups attached to an aromatic ring is 1. The fraction of sp³-hybridized carbons (Fsp3) is 0.438. The molecule has 128 valence electrons. The average Bonchev–Trinajstić information content (AvgIpc) is 2.74. The van der Waals surface area contributed by atoms with E-state index in [1.54, 1.807) is 12.1 Å². The number of anilines is 3. The zero-order chi connectivity index (χ0) is 16.9. The Balaban J connectivity index is 1.74. The second-order valence-electron chi connectivity index (χ2n) is 5.79. The molecule has 0 amide bonds. The Morgan fingerprint density at radius 2 is 2.04 bits per heavy atom. The molecule has 1 aromatic heterocycles. The number of hydrogen-bond donors (Lipinski definition) is 2. The molecule has 1 atom stereocenters. The van der Waals surface area contributed by atoms with Gasteiger partial charge in [0.2, 0.25) is 11.9 Å². The predicted molar refractivity (Wildman–Crippen MR) is 95.7 cm³/mol. The minimum absolute atomic E-state index is 0.182. The summed E-state index contributed by atoms with van der Waals surface area (Å²) in [5.74, 6) is 3.22. The number of nitrogens with two attached hydrogens (primary N) is 1. The minimum Gasteiger partial charge on any atom is -0.368 e. The van der Waals surface area contributed by atoms with Crippen LogP contribution in [0.5, 0.6) is 0 Å². The van der Waals surface area contributed by atoms with Crippen LogP contribution < -0.4 is 11.1 Å². The van der Waals surface area contributed by atoms with E-state index in [1.807, 2.05) is 11.8 Å². The quantitative estimate of drug-likeness (QED) is 0.879. The van der Waals surface area contributed by atoms with Gasteiger partial charge in [-0.2, -0.15) is 26.7 Å². The van der Waals surface area contributed by atoms with Crippen molar-refractivity contribution < 1.29 is 4.39 Å². The van der Waals surface area contributed by atoms with E-state index >= 15 is 0 Å². The molecule has 0 unspecified atom stereocenters. The average molecular weight is 348 g/mol. The lowest BCUT2D eigenvalue weighted by Crippen LogP contribution is -2.34. The summed E-state index contributed by atoms with van der Waals surface area (Å²) in [6, 6.07) is 6.51. The van der Waals surface area contributed by atoms with Crippen LogP contribution in [0.15, 0.2) is 24.3 Å². The van der Waals surface area contributed by atoms with Crippen LogP contribution in [0.1, 0.15) is 19.2 Å². The fourth-order valence-electron chi connectivity index (χ4n) is 2.58. The van der Waals surface area contributed by atoms with Crippen LogP contribution in [0, 0.1) is 5.82 Å². The molecule has 24 heavy (non-hydrogen) atoms. The second kappa shape index (κ2) is 7.76. The van der Waals surface area contributed by atoms with Gasteiger partial charge in [0.1, 0.15) is 11.6 Å². The molecule has 3 N–H and O–H groups in total. The van der Waals surface area contributed by atoms with E-state index in [1.165, 1.54) is 17.9 Å². The van der Waals surface area contributed by atoms with Gasteiger partial charge in [0.15, 0.2) is 0 Å². The van der Waals surface area contributed by atoms with E-state index in [-0.39, 0.29) is 11.8 Å². The number of hydrogen-bond acceptors (Lipinski definition) is 7. The van der Waals surface area contributed by atoms with E-state index < -0.39 is 0 Å². The Morgan fingerprint density at radius 1 is 1.25 bits per heavy atom. The molecule has 0 bridgehead atoms. The molecule has 2 heterocycles. The van der Waals surface area contributed by atoms with Gasteiger partial charge < -0.3 is 11.1 Å². The highest BCUT2D eigenvalue weighted by molar-refractivity contribution is 7.99. The van der Waals surface area contributed by atoms with Gasteiger partial charge in [0, 0.05) is 24.0 Å². The van der Waals surface area contributed by atoms with E-state index in [0.29, 0.717) is 30.0 Å². The molecule has 0 radical (unpaired) electrons. The van der Waals surface area contributed by atoms with E-state index in [2.05, 4.69) is 32.1 Å². The molecule has 2 aromatic rings. The van der Waals surface area contributed by atoms with E-state index in [9.17, 15) is 4.39 Å². The van der Waals surface area contributed by atoms with Crippen molar-refractivity contribution in [2.45, 2.75) is 25.9 Å². The fourth-order valence-corrected chi connectivity index (χ4v) is 3.66. The maximum Gasteiger partial charge on any atom is 0.232 e. The smallest absolute Gasteiger partial charge is 0.232 e. The van der Waals surface area contributed by atoms with Gasteiger partial charge >= 0.3 is 0 Å². The second-order valence-corrected chi connectivity index (χ2v) is 7.01. The topological polar surface area (TPSA) is 80.0 Å². The molecular formula is C16H21FN6S. The van der Waals surface area contributed by atoms with Gasteiger partial charge in [-0.25, -0.2) is 4.39 Å². The summed E-state index contributed by atoms with van der Waals surface area (Å²) in [4.78, 5) is 15.2. The van der Waals surface area contributed by atoms with Gasteiger partial charge in [0.25, 0.3) is 0 Å². The first-order chi connectivity index (χ1) is 11.6. The van der Waals surface area contributed by atoms with Gasteiger partial charge in [-0.15, -0.1) is 0 Å². The van der Waals surface area contributed by atoms with Crippen LogP contribution in [0.3, 0.4) is 0 Å². The van der Waals surface area contributed by atoms with Crippen molar-refractivity contribution in [3.63, 3.8) is 0 Å². The van der Waals surface area contributed by atoms with Crippen LogP contribution >= 0.6 is 11.8 Å². The summed E-state index contributed by atoms with van der Waals surface area (Å²) in [5, 5.41) is 3.04. The highest BCUT2D eigenvalue weighted by Gasteiger charge is 2.19. The molecule has 0 saturated carbocycles. The molecule has 1 aromatic carbocycles. The number of rotatable bonds is 4. The molecule has 3 rings (SSSR count). The van der Waals surface area contributed by atoms with Crippen LogP contribution in [0.25, 0.3) is 0 Å². The first-order valence-corrected chi connectivity index (χ1v) is 9.10. The maximum atomic E-state index is 13.0. The van der Waals surface area contributed by atoms with Crippen molar-refractivity contribution in [3.8, 4) is 0 Å². The molecule has 8 heteroatoms. The highest BCUT2D eigenvalue weighted by Crippen LogP contribution is 2.19. The summed E-state index contributed by atoms with van der Waals surface area (Å²) in [6.45, 7) is 3.89. The summed E-state index contributed by atoms with van der Waals surface area (Å²) < 4.78 is 13.0. The number of nitrogens with zero attached hydrogens (tertiary/aromatic N) is 4. The Morgan fingerprint density at radius 3 is 2.83 bits per heavy atom. The molecule has 6 nitrogen and oxygen atoms in total.